The van der Waals surface area contributed by atoms with Gasteiger partial charge in [-0.2, -0.15) is 0 Å². The van der Waals surface area contributed by atoms with Gasteiger partial charge >= 0.3 is 0 Å². The number of aromatic nitrogens is 1. The summed E-state index contributed by atoms with van der Waals surface area (Å²) in [5, 5.41) is 4.88. The second-order valence-electron chi connectivity index (χ2n) is 18.2. The van der Waals surface area contributed by atoms with E-state index in [1.807, 2.05) is 0 Å². The van der Waals surface area contributed by atoms with Crippen molar-refractivity contribution in [3.8, 4) is 50.2 Å². The van der Waals surface area contributed by atoms with E-state index in [4.69, 9.17) is 0 Å². The Labute approximate surface area is 397 Å². The Kier molecular flexibility index (Phi) is 9.33. The summed E-state index contributed by atoms with van der Waals surface area (Å²) in [6.45, 7) is 2.39. The molecule has 2 heteroatoms. The average molecular weight is 867 g/mol. The van der Waals surface area contributed by atoms with Crippen molar-refractivity contribution >= 4 is 49.6 Å². The van der Waals surface area contributed by atoms with E-state index in [0.29, 0.717) is 0 Å². The zero-order valence-electron chi connectivity index (χ0n) is 37.7. The zero-order chi connectivity index (χ0) is 45.2. The summed E-state index contributed by atoms with van der Waals surface area (Å²) in [7, 11) is 0. The molecular weight excluding hydrogens is 821 g/mol. The van der Waals surface area contributed by atoms with Gasteiger partial charge < -0.3 is 9.47 Å². The second-order valence-corrected chi connectivity index (χ2v) is 18.2. The van der Waals surface area contributed by atoms with Crippen LogP contribution in [0, 0.1) is 0 Å². The molecule has 11 aromatic carbocycles. The maximum atomic E-state index is 2.46. The number of fused-ring (bicyclic) bond motifs is 7. The fourth-order valence-corrected chi connectivity index (χ4v) is 11.3. The van der Waals surface area contributed by atoms with Crippen molar-refractivity contribution in [1.29, 1.82) is 0 Å². The van der Waals surface area contributed by atoms with E-state index in [-0.39, 0.29) is 5.41 Å². The van der Waals surface area contributed by atoms with Crippen LogP contribution in [-0.4, -0.2) is 4.57 Å². The molecule has 320 valence electrons. The number of anilines is 3. The molecule has 0 saturated carbocycles. The normalized spacial score (nSPS) is 14.0. The Morgan fingerprint density at radius 1 is 0.353 bits per heavy atom. The number of benzene rings is 11. The Morgan fingerprint density at radius 3 is 1.74 bits per heavy atom. The molecular formula is C66H46N2. The van der Waals surface area contributed by atoms with Gasteiger partial charge in [0.25, 0.3) is 0 Å². The van der Waals surface area contributed by atoms with Gasteiger partial charge in [-0.25, -0.2) is 0 Å². The minimum absolute atomic E-state index is 0.270. The third kappa shape index (κ3) is 6.26. The Bertz CT molecular complexity index is 3840. The maximum Gasteiger partial charge on any atom is 0.0542 e. The summed E-state index contributed by atoms with van der Waals surface area (Å²) in [5.74, 6) is 0. The number of hydrogen-bond donors (Lipinski definition) is 0. The molecule has 1 atom stereocenters. The first kappa shape index (κ1) is 39.6. The molecule has 0 saturated heterocycles. The molecule has 0 fully saturated rings. The van der Waals surface area contributed by atoms with Crippen molar-refractivity contribution in [3.05, 3.63) is 278 Å². The highest BCUT2D eigenvalue weighted by molar-refractivity contribution is 6.12. The maximum absolute atomic E-state index is 2.46. The number of para-hydroxylation sites is 3. The van der Waals surface area contributed by atoms with Crippen molar-refractivity contribution in [3.63, 3.8) is 0 Å². The van der Waals surface area contributed by atoms with Gasteiger partial charge in [0.15, 0.2) is 0 Å². The van der Waals surface area contributed by atoms with E-state index in [2.05, 4.69) is 277 Å². The van der Waals surface area contributed by atoms with Crippen LogP contribution >= 0.6 is 0 Å². The van der Waals surface area contributed by atoms with Crippen LogP contribution in [-0.2, 0) is 5.41 Å². The van der Waals surface area contributed by atoms with Crippen molar-refractivity contribution < 1.29 is 0 Å². The van der Waals surface area contributed by atoms with Gasteiger partial charge in [-0.3, -0.25) is 0 Å². The van der Waals surface area contributed by atoms with E-state index in [1.54, 1.807) is 0 Å². The van der Waals surface area contributed by atoms with Crippen LogP contribution in [0.5, 0.6) is 0 Å². The minimum atomic E-state index is -0.270. The fraction of sp³-hybridized carbons (Fsp3) is 0.0303. The summed E-state index contributed by atoms with van der Waals surface area (Å²) < 4.78 is 2.39. The van der Waals surface area contributed by atoms with Crippen LogP contribution in [0.4, 0.5) is 17.1 Å². The highest BCUT2D eigenvalue weighted by Crippen LogP contribution is 2.53. The van der Waals surface area contributed by atoms with E-state index in [1.165, 1.54) is 88.2 Å². The summed E-state index contributed by atoms with van der Waals surface area (Å²) in [6, 6.07) is 95.8. The van der Waals surface area contributed by atoms with Crippen LogP contribution in [0.25, 0.3) is 82.8 Å². The van der Waals surface area contributed by atoms with Gasteiger partial charge in [-0.15, -0.1) is 0 Å². The largest absolute Gasteiger partial charge is 0.310 e. The minimum Gasteiger partial charge on any atom is -0.310 e. The van der Waals surface area contributed by atoms with E-state index in [9.17, 15) is 0 Å². The van der Waals surface area contributed by atoms with Crippen LogP contribution in [0.15, 0.2) is 261 Å². The SMILES string of the molecule is CC1(c2ccccc2)c2ccccc2-c2ccc(-c3ccc(N(c4ccc5c(c4)c4ccccc4n5-c4ccccc4)c4ccccc4-c4cccc5cccc(-c6ccccc6)c45)cc3)cc21. The lowest BCUT2D eigenvalue weighted by molar-refractivity contribution is 0.714. The summed E-state index contributed by atoms with van der Waals surface area (Å²) in [4.78, 5) is 2.46. The van der Waals surface area contributed by atoms with Gasteiger partial charge in [0, 0.05) is 38.8 Å². The predicted octanol–water partition coefficient (Wildman–Crippen LogP) is 17.7. The van der Waals surface area contributed by atoms with Gasteiger partial charge in [0.05, 0.1) is 16.7 Å². The second kappa shape index (κ2) is 16.0. The molecule has 1 aliphatic carbocycles. The van der Waals surface area contributed by atoms with Crippen LogP contribution in [0.3, 0.4) is 0 Å². The molecule has 0 radical (unpaired) electrons. The molecule has 0 N–H and O–H groups in total. The molecule has 13 rings (SSSR count). The predicted molar refractivity (Wildman–Crippen MR) is 287 cm³/mol. The highest BCUT2D eigenvalue weighted by Gasteiger charge is 2.40. The summed E-state index contributed by atoms with van der Waals surface area (Å²) in [5.41, 5.74) is 20.3. The van der Waals surface area contributed by atoms with Gasteiger partial charge in [-0.1, -0.05) is 200 Å². The Balaban J connectivity index is 0.998. The first-order valence-electron chi connectivity index (χ1n) is 23.6. The molecule has 1 aliphatic rings. The lowest BCUT2D eigenvalue weighted by Gasteiger charge is -2.29. The van der Waals surface area contributed by atoms with Crippen LogP contribution < -0.4 is 4.90 Å². The Hall–Kier alpha value is -8.72. The smallest absolute Gasteiger partial charge is 0.0542 e. The van der Waals surface area contributed by atoms with Crippen molar-refractivity contribution in [2.45, 2.75) is 12.3 Å². The van der Waals surface area contributed by atoms with Crippen molar-refractivity contribution in [1.82, 2.24) is 4.57 Å². The molecule has 68 heavy (non-hydrogen) atoms. The summed E-state index contributed by atoms with van der Waals surface area (Å²) >= 11 is 0. The first-order chi connectivity index (χ1) is 33.6. The van der Waals surface area contributed by atoms with E-state index >= 15 is 0 Å². The van der Waals surface area contributed by atoms with Crippen LogP contribution in [0.2, 0.25) is 0 Å². The average Bonchev–Trinajstić information content (AvgIpc) is 3.88. The molecule has 0 spiro atoms. The molecule has 1 unspecified atom stereocenters. The fourth-order valence-electron chi connectivity index (χ4n) is 11.3. The zero-order valence-corrected chi connectivity index (χ0v) is 37.7. The van der Waals surface area contributed by atoms with Gasteiger partial charge in [0.1, 0.15) is 0 Å². The lowest BCUT2D eigenvalue weighted by atomic mass is 9.74. The summed E-state index contributed by atoms with van der Waals surface area (Å²) in [6.07, 6.45) is 0. The van der Waals surface area contributed by atoms with Crippen molar-refractivity contribution in [2.75, 3.05) is 4.90 Å². The molecule has 1 heterocycles. The topological polar surface area (TPSA) is 8.17 Å². The molecule has 0 bridgehead atoms. The van der Waals surface area contributed by atoms with Crippen molar-refractivity contribution in [2.24, 2.45) is 0 Å². The highest BCUT2D eigenvalue weighted by atomic mass is 15.1. The van der Waals surface area contributed by atoms with E-state index in [0.717, 1.165) is 28.3 Å². The number of nitrogens with zero attached hydrogens (tertiary/aromatic N) is 2. The molecule has 1 aromatic heterocycles. The Morgan fingerprint density at radius 2 is 0.941 bits per heavy atom. The standard InChI is InChI=1S/C66H46N2/c1-66(49-23-7-3-8-24-49)60-32-14-11-27-54(60)55-41-37-48(43-61(55)66)45-35-38-51(39-36-45)67(52-40-42-64-59(44-52)57-29-13-16-34-63(57)68(64)50-25-9-4-10-26-50)62-33-15-12-28-56(62)58-31-18-22-47-21-17-30-53(65(47)58)46-19-5-2-6-20-46/h2-44H,1H3. The number of rotatable bonds is 8. The monoisotopic (exact) mass is 866 g/mol. The third-order valence-electron chi connectivity index (χ3n) is 14.5. The third-order valence-corrected chi connectivity index (χ3v) is 14.5. The number of hydrogen-bond acceptors (Lipinski definition) is 1. The molecule has 2 nitrogen and oxygen atoms in total. The van der Waals surface area contributed by atoms with E-state index < -0.39 is 0 Å². The van der Waals surface area contributed by atoms with Crippen LogP contribution in [0.1, 0.15) is 23.6 Å². The molecule has 12 aromatic rings. The van der Waals surface area contributed by atoms with Gasteiger partial charge in [0.2, 0.25) is 0 Å². The van der Waals surface area contributed by atoms with Gasteiger partial charge in [-0.05, 0) is 134 Å². The molecule has 0 amide bonds. The first-order valence-corrected chi connectivity index (χ1v) is 23.6. The lowest BCUT2D eigenvalue weighted by Crippen LogP contribution is -2.22. The molecule has 0 aliphatic heterocycles. The quantitative estimate of drug-likeness (QED) is 0.148.